The molecule has 0 saturated heterocycles. The minimum Gasteiger partial charge on any atom is -0.461 e. The van der Waals surface area contributed by atoms with Crippen molar-refractivity contribution in [2.24, 2.45) is 0 Å². The minimum atomic E-state index is -0.429. The van der Waals surface area contributed by atoms with Crippen LogP contribution in [0.5, 0.6) is 0 Å². The number of rotatable bonds is 13. The molecule has 0 radical (unpaired) electrons. The highest BCUT2D eigenvalue weighted by molar-refractivity contribution is 5.77. The molecule has 0 heterocycles. The fourth-order valence-corrected chi connectivity index (χ4v) is 1.47. The fraction of sp³-hybridized carbons (Fsp3) is 0.444. The Hall–Kier alpha value is -2.10. The molecule has 0 amide bonds. The molecule has 0 fully saturated rings. The van der Waals surface area contributed by atoms with Gasteiger partial charge in [-0.1, -0.05) is 25.3 Å². The zero-order valence-electron chi connectivity index (χ0n) is 13.3. The van der Waals surface area contributed by atoms with E-state index in [0.717, 1.165) is 36.8 Å². The quantitative estimate of drug-likeness (QED) is 0.382. The van der Waals surface area contributed by atoms with Gasteiger partial charge in [-0.25, -0.2) is 0 Å². The molecule has 0 aromatic heterocycles. The first kappa shape index (κ1) is 19.9. The highest BCUT2D eigenvalue weighted by atomic mass is 16.5. The molecular weight excluding hydrogens is 280 g/mol. The van der Waals surface area contributed by atoms with Crippen LogP contribution in [0.3, 0.4) is 0 Å². The van der Waals surface area contributed by atoms with Gasteiger partial charge in [0.15, 0.2) is 0 Å². The average Bonchev–Trinajstić information content (AvgIpc) is 2.52. The van der Waals surface area contributed by atoms with Gasteiger partial charge >= 0.3 is 11.9 Å². The predicted octanol–water partition coefficient (Wildman–Crippen LogP) is 3.90. The molecule has 4 nitrogen and oxygen atoms in total. The van der Waals surface area contributed by atoms with E-state index in [0.29, 0.717) is 0 Å². The average molecular weight is 306 g/mol. The van der Waals surface area contributed by atoms with E-state index in [-0.39, 0.29) is 26.1 Å². The van der Waals surface area contributed by atoms with Crippen LogP contribution in [0.2, 0.25) is 0 Å². The third kappa shape index (κ3) is 11.7. The number of carbonyl (C=O) groups is 2. The van der Waals surface area contributed by atoms with E-state index in [9.17, 15) is 9.59 Å². The number of carbonyl (C=O) groups excluding carboxylic acids is 2. The molecule has 0 aliphatic rings. The molecule has 0 N–H and O–H groups in total. The van der Waals surface area contributed by atoms with Crippen LogP contribution in [0.15, 0.2) is 49.6 Å². The summed E-state index contributed by atoms with van der Waals surface area (Å²) in [5, 5.41) is 0. The van der Waals surface area contributed by atoms with Gasteiger partial charge in [0.2, 0.25) is 0 Å². The summed E-state index contributed by atoms with van der Waals surface area (Å²) in [6.45, 7) is 15.2. The van der Waals surface area contributed by atoms with Gasteiger partial charge in [-0.15, -0.1) is 13.2 Å². The summed E-state index contributed by atoms with van der Waals surface area (Å²) in [4.78, 5) is 23.0. The second-order valence-electron chi connectivity index (χ2n) is 4.98. The maximum Gasteiger partial charge on any atom is 0.306 e. The summed E-state index contributed by atoms with van der Waals surface area (Å²) in [6.07, 6.45) is 6.67. The van der Waals surface area contributed by atoms with Gasteiger partial charge in [-0.2, -0.15) is 0 Å². The zero-order valence-corrected chi connectivity index (χ0v) is 13.3. The first-order valence-corrected chi connectivity index (χ1v) is 7.36. The van der Waals surface area contributed by atoms with Gasteiger partial charge in [0.25, 0.3) is 0 Å². The highest BCUT2D eigenvalue weighted by Crippen LogP contribution is 2.06. The topological polar surface area (TPSA) is 52.6 Å². The van der Waals surface area contributed by atoms with Crippen LogP contribution in [-0.4, -0.2) is 25.2 Å². The van der Waals surface area contributed by atoms with Crippen molar-refractivity contribution in [1.29, 1.82) is 0 Å². The van der Waals surface area contributed by atoms with Crippen molar-refractivity contribution in [3.63, 3.8) is 0 Å². The molecule has 4 heteroatoms. The lowest BCUT2D eigenvalue weighted by Crippen LogP contribution is -2.12. The second-order valence-corrected chi connectivity index (χ2v) is 4.98. The van der Waals surface area contributed by atoms with Crippen molar-refractivity contribution in [2.75, 3.05) is 13.2 Å². The summed E-state index contributed by atoms with van der Waals surface area (Å²) in [7, 11) is 0. The van der Waals surface area contributed by atoms with Gasteiger partial charge in [-0.05, 0) is 36.8 Å². The van der Waals surface area contributed by atoms with Crippen LogP contribution >= 0.6 is 0 Å². The molecular formula is C18H26O4. The molecule has 0 aromatic carbocycles. The first-order chi connectivity index (χ1) is 10.5. The van der Waals surface area contributed by atoms with Gasteiger partial charge < -0.3 is 9.47 Å². The monoisotopic (exact) mass is 306 g/mol. The lowest BCUT2D eigenvalue weighted by atomic mass is 10.2. The van der Waals surface area contributed by atoms with Crippen LogP contribution in [0, 0.1) is 0 Å². The molecule has 0 spiro atoms. The van der Waals surface area contributed by atoms with E-state index in [1.165, 1.54) is 0 Å². The van der Waals surface area contributed by atoms with Crippen molar-refractivity contribution in [1.82, 2.24) is 0 Å². The normalized spacial score (nSPS) is 9.64. The van der Waals surface area contributed by atoms with Crippen LogP contribution in [-0.2, 0) is 19.1 Å². The Bertz CT molecular complexity index is 381. The van der Waals surface area contributed by atoms with Gasteiger partial charge in [0.1, 0.15) is 13.2 Å². The van der Waals surface area contributed by atoms with E-state index in [1.807, 2.05) is 0 Å². The molecule has 0 aliphatic carbocycles. The number of hydrogen-bond donors (Lipinski definition) is 0. The summed E-state index contributed by atoms with van der Waals surface area (Å²) in [5.74, 6) is -0.857. The Balaban J connectivity index is 3.74. The molecule has 0 bridgehead atoms. The molecule has 0 saturated carbocycles. The summed E-state index contributed by atoms with van der Waals surface area (Å²) in [6, 6.07) is 0. The SMILES string of the molecule is C=CCCC(=C)COC(=O)CCC(=O)OCC(=C)CCC=C. The largest absolute Gasteiger partial charge is 0.461 e. The maximum absolute atomic E-state index is 11.5. The van der Waals surface area contributed by atoms with Gasteiger partial charge in [0.05, 0.1) is 12.8 Å². The number of esters is 2. The highest BCUT2D eigenvalue weighted by Gasteiger charge is 2.10. The minimum absolute atomic E-state index is 0.00665. The van der Waals surface area contributed by atoms with Crippen LogP contribution in [0.1, 0.15) is 38.5 Å². The van der Waals surface area contributed by atoms with Crippen molar-refractivity contribution >= 4 is 11.9 Å². The Labute approximate surface area is 133 Å². The first-order valence-electron chi connectivity index (χ1n) is 7.36. The van der Waals surface area contributed by atoms with E-state index >= 15 is 0 Å². The lowest BCUT2D eigenvalue weighted by molar-refractivity contribution is -0.149. The maximum atomic E-state index is 11.5. The number of hydrogen-bond acceptors (Lipinski definition) is 4. The second kappa shape index (κ2) is 12.6. The zero-order chi connectivity index (χ0) is 16.8. The van der Waals surface area contributed by atoms with E-state index in [2.05, 4.69) is 26.3 Å². The Kier molecular flexibility index (Phi) is 11.4. The van der Waals surface area contributed by atoms with Crippen LogP contribution in [0.4, 0.5) is 0 Å². The third-order valence-electron chi connectivity index (χ3n) is 2.81. The molecule has 0 unspecified atom stereocenters. The molecule has 22 heavy (non-hydrogen) atoms. The van der Waals surface area contributed by atoms with E-state index in [4.69, 9.17) is 9.47 Å². The van der Waals surface area contributed by atoms with Crippen molar-refractivity contribution in [3.8, 4) is 0 Å². The molecule has 122 valence electrons. The Morgan fingerprint density at radius 3 is 1.41 bits per heavy atom. The Morgan fingerprint density at radius 2 is 1.09 bits per heavy atom. The predicted molar refractivity (Wildman–Crippen MR) is 88.3 cm³/mol. The Morgan fingerprint density at radius 1 is 0.727 bits per heavy atom. The number of ether oxygens (including phenoxy) is 2. The van der Waals surface area contributed by atoms with Gasteiger partial charge in [-0.3, -0.25) is 9.59 Å². The van der Waals surface area contributed by atoms with E-state index < -0.39 is 11.9 Å². The standard InChI is InChI=1S/C18H26O4/c1-5-7-9-15(3)13-21-17(19)11-12-18(20)22-14-16(4)10-8-6-2/h5-6H,1-4,7-14H2. The smallest absolute Gasteiger partial charge is 0.306 e. The summed E-state index contributed by atoms with van der Waals surface area (Å²) in [5.41, 5.74) is 1.66. The lowest BCUT2D eigenvalue weighted by Gasteiger charge is -2.08. The summed E-state index contributed by atoms with van der Waals surface area (Å²) >= 11 is 0. The molecule has 0 atom stereocenters. The summed E-state index contributed by atoms with van der Waals surface area (Å²) < 4.78 is 10.0. The van der Waals surface area contributed by atoms with Crippen molar-refractivity contribution in [3.05, 3.63) is 49.6 Å². The van der Waals surface area contributed by atoms with Crippen molar-refractivity contribution < 1.29 is 19.1 Å². The number of allylic oxidation sites excluding steroid dienone is 2. The van der Waals surface area contributed by atoms with E-state index in [1.54, 1.807) is 12.2 Å². The molecule has 0 rings (SSSR count). The molecule has 0 aliphatic heterocycles. The van der Waals surface area contributed by atoms with Gasteiger partial charge in [0, 0.05) is 0 Å². The third-order valence-corrected chi connectivity index (χ3v) is 2.81. The van der Waals surface area contributed by atoms with Crippen LogP contribution < -0.4 is 0 Å². The molecule has 0 aromatic rings. The van der Waals surface area contributed by atoms with Crippen molar-refractivity contribution in [2.45, 2.75) is 38.5 Å². The van der Waals surface area contributed by atoms with Crippen LogP contribution in [0.25, 0.3) is 0 Å². The fourth-order valence-electron chi connectivity index (χ4n) is 1.47.